The van der Waals surface area contributed by atoms with Gasteiger partial charge in [-0.05, 0) is 71.1 Å². The van der Waals surface area contributed by atoms with Crippen LogP contribution in [0.5, 0.6) is 0 Å². The zero-order chi connectivity index (χ0) is 18.0. The number of benzene rings is 1. The molecule has 0 radical (unpaired) electrons. The minimum Gasteiger partial charge on any atom is -0.306 e. The highest BCUT2D eigenvalue weighted by Crippen LogP contribution is 2.25. The van der Waals surface area contributed by atoms with Gasteiger partial charge in [-0.1, -0.05) is 28.4 Å². The molecule has 25 heavy (non-hydrogen) atoms. The Bertz CT molecular complexity index is 709. The number of piperidine rings is 1. The molecule has 0 N–H and O–H groups in total. The maximum atomic E-state index is 6.09. The van der Waals surface area contributed by atoms with Crippen molar-refractivity contribution in [3.63, 3.8) is 0 Å². The Labute approximate surface area is 159 Å². The Kier molecular flexibility index (Phi) is 6.00. The van der Waals surface area contributed by atoms with Crippen molar-refractivity contribution in [3.05, 3.63) is 40.1 Å². The van der Waals surface area contributed by atoms with E-state index in [-0.39, 0.29) is 0 Å². The van der Waals surface area contributed by atoms with Crippen LogP contribution in [0.1, 0.15) is 25.5 Å². The van der Waals surface area contributed by atoms with Gasteiger partial charge in [-0.15, -0.1) is 5.10 Å². The maximum Gasteiger partial charge on any atom is 0.0971 e. The Hall–Kier alpha value is -1.14. The molecular weight excluding hydrogens is 357 g/mol. The molecule has 1 aromatic carbocycles. The van der Waals surface area contributed by atoms with Gasteiger partial charge in [0.15, 0.2) is 0 Å². The number of hydrogen-bond acceptors (Lipinski definition) is 4. The second kappa shape index (κ2) is 8.04. The van der Waals surface area contributed by atoms with Crippen LogP contribution in [0, 0.1) is 5.92 Å². The molecule has 136 valence electrons. The third-order valence-corrected chi connectivity index (χ3v) is 6.00. The number of hydrogen-bond donors (Lipinski definition) is 0. The molecule has 1 aromatic heterocycles. The summed E-state index contributed by atoms with van der Waals surface area (Å²) in [4.78, 5) is 4.78. The molecule has 0 bridgehead atoms. The van der Waals surface area contributed by atoms with Crippen LogP contribution in [0.4, 0.5) is 0 Å². The quantitative estimate of drug-likeness (QED) is 0.790. The van der Waals surface area contributed by atoms with E-state index in [0.29, 0.717) is 16.1 Å². The van der Waals surface area contributed by atoms with E-state index in [4.69, 9.17) is 23.2 Å². The lowest BCUT2D eigenvalue weighted by Crippen LogP contribution is -2.41. The highest BCUT2D eigenvalue weighted by atomic mass is 35.5. The molecule has 1 saturated heterocycles. The van der Waals surface area contributed by atoms with E-state index in [0.717, 1.165) is 23.8 Å². The molecule has 5 nitrogen and oxygen atoms in total. The second-order valence-electron chi connectivity index (χ2n) is 7.05. The Morgan fingerprint density at radius 3 is 2.64 bits per heavy atom. The Morgan fingerprint density at radius 1 is 1.24 bits per heavy atom. The topological polar surface area (TPSA) is 37.2 Å². The van der Waals surface area contributed by atoms with E-state index in [1.807, 2.05) is 12.3 Å². The smallest absolute Gasteiger partial charge is 0.0971 e. The van der Waals surface area contributed by atoms with Gasteiger partial charge in [-0.3, -0.25) is 4.90 Å². The van der Waals surface area contributed by atoms with Gasteiger partial charge in [0.25, 0.3) is 0 Å². The van der Waals surface area contributed by atoms with Gasteiger partial charge in [0.1, 0.15) is 0 Å². The number of rotatable bonds is 5. The van der Waals surface area contributed by atoms with Crippen LogP contribution in [0.15, 0.2) is 24.4 Å². The van der Waals surface area contributed by atoms with Crippen molar-refractivity contribution in [3.8, 4) is 5.69 Å². The summed E-state index contributed by atoms with van der Waals surface area (Å²) in [5, 5.41) is 9.59. The summed E-state index contributed by atoms with van der Waals surface area (Å²) in [6, 6.07) is 5.99. The standard InChI is InChI=1S/C18H25Cl2N5/c1-13(14-6-8-23(2)9-7-14)24(3)11-15-12-25(22-21-15)16-4-5-17(19)18(20)10-16/h4-5,10,12-14H,6-9,11H2,1-3H3. The van der Waals surface area contributed by atoms with Crippen molar-refractivity contribution < 1.29 is 0 Å². The van der Waals surface area contributed by atoms with Gasteiger partial charge in [-0.25, -0.2) is 4.68 Å². The van der Waals surface area contributed by atoms with E-state index in [2.05, 4.69) is 41.1 Å². The van der Waals surface area contributed by atoms with Crippen LogP contribution < -0.4 is 0 Å². The average molecular weight is 382 g/mol. The minimum atomic E-state index is 0.518. The molecule has 7 heteroatoms. The molecular formula is C18H25Cl2N5. The lowest BCUT2D eigenvalue weighted by atomic mass is 9.90. The fourth-order valence-electron chi connectivity index (χ4n) is 3.39. The molecule has 0 spiro atoms. The van der Waals surface area contributed by atoms with Gasteiger partial charge in [-0.2, -0.15) is 0 Å². The van der Waals surface area contributed by atoms with Gasteiger partial charge in [0, 0.05) is 12.6 Å². The first-order valence-electron chi connectivity index (χ1n) is 8.69. The van der Waals surface area contributed by atoms with Crippen molar-refractivity contribution in [2.75, 3.05) is 27.2 Å². The fourth-order valence-corrected chi connectivity index (χ4v) is 3.69. The summed E-state index contributed by atoms with van der Waals surface area (Å²) >= 11 is 12.1. The number of halogens is 2. The van der Waals surface area contributed by atoms with Crippen LogP contribution in [0.25, 0.3) is 5.69 Å². The predicted molar refractivity (Wildman–Crippen MR) is 103 cm³/mol. The molecule has 0 aliphatic carbocycles. The van der Waals surface area contributed by atoms with E-state index in [1.54, 1.807) is 16.8 Å². The minimum absolute atomic E-state index is 0.518. The first kappa shape index (κ1) is 18.6. The second-order valence-corrected chi connectivity index (χ2v) is 7.86. The lowest BCUT2D eigenvalue weighted by molar-refractivity contribution is 0.119. The Morgan fingerprint density at radius 2 is 1.96 bits per heavy atom. The molecule has 1 aliphatic heterocycles. The van der Waals surface area contributed by atoms with Crippen molar-refractivity contribution >= 4 is 23.2 Å². The largest absolute Gasteiger partial charge is 0.306 e. The van der Waals surface area contributed by atoms with Gasteiger partial charge >= 0.3 is 0 Å². The fraction of sp³-hybridized carbons (Fsp3) is 0.556. The van der Waals surface area contributed by atoms with Crippen LogP contribution in [-0.4, -0.2) is 58.0 Å². The zero-order valence-corrected chi connectivity index (χ0v) is 16.5. The normalized spacial score (nSPS) is 18.0. The summed E-state index contributed by atoms with van der Waals surface area (Å²) in [5.74, 6) is 0.742. The van der Waals surface area contributed by atoms with Crippen molar-refractivity contribution in [1.29, 1.82) is 0 Å². The molecule has 1 aliphatic rings. The number of likely N-dealkylation sites (tertiary alicyclic amines) is 1. The predicted octanol–water partition coefficient (Wildman–Crippen LogP) is 3.74. The zero-order valence-electron chi connectivity index (χ0n) is 15.0. The molecule has 0 saturated carbocycles. The number of nitrogens with zero attached hydrogens (tertiary/aromatic N) is 5. The maximum absolute atomic E-state index is 6.09. The highest BCUT2D eigenvalue weighted by molar-refractivity contribution is 6.42. The first-order chi connectivity index (χ1) is 11.9. The van der Waals surface area contributed by atoms with Crippen LogP contribution >= 0.6 is 23.2 Å². The van der Waals surface area contributed by atoms with Crippen molar-refractivity contribution in [2.24, 2.45) is 5.92 Å². The summed E-state index contributed by atoms with van der Waals surface area (Å²) in [5.41, 5.74) is 1.81. The monoisotopic (exact) mass is 381 g/mol. The van der Waals surface area contributed by atoms with Crippen molar-refractivity contribution in [1.82, 2.24) is 24.8 Å². The van der Waals surface area contributed by atoms with E-state index in [9.17, 15) is 0 Å². The van der Waals surface area contributed by atoms with Crippen LogP contribution in [-0.2, 0) is 6.54 Å². The molecule has 1 unspecified atom stereocenters. The summed E-state index contributed by atoms with van der Waals surface area (Å²) in [7, 11) is 4.37. The molecule has 2 aromatic rings. The third-order valence-electron chi connectivity index (χ3n) is 5.26. The SMILES string of the molecule is CC(C1CCN(C)CC1)N(C)Cc1cn(-c2ccc(Cl)c(Cl)c2)nn1. The van der Waals surface area contributed by atoms with E-state index in [1.165, 1.54) is 25.9 Å². The van der Waals surface area contributed by atoms with E-state index < -0.39 is 0 Å². The molecule has 0 amide bonds. The molecule has 2 heterocycles. The highest BCUT2D eigenvalue weighted by Gasteiger charge is 2.25. The van der Waals surface area contributed by atoms with Crippen molar-refractivity contribution in [2.45, 2.75) is 32.4 Å². The van der Waals surface area contributed by atoms with Gasteiger partial charge in [0.2, 0.25) is 0 Å². The Balaban J connectivity index is 1.63. The summed E-state index contributed by atoms with van der Waals surface area (Å²) in [6.07, 6.45) is 4.48. The lowest BCUT2D eigenvalue weighted by Gasteiger charge is -2.36. The van der Waals surface area contributed by atoms with Crippen LogP contribution in [0.3, 0.4) is 0 Å². The molecule has 1 atom stereocenters. The summed E-state index contributed by atoms with van der Waals surface area (Å²) in [6.45, 7) is 5.49. The molecule has 1 fully saturated rings. The number of aromatic nitrogens is 3. The average Bonchev–Trinajstić information content (AvgIpc) is 3.06. The van der Waals surface area contributed by atoms with Gasteiger partial charge in [0.05, 0.1) is 27.6 Å². The third kappa shape index (κ3) is 4.53. The first-order valence-corrected chi connectivity index (χ1v) is 9.45. The van der Waals surface area contributed by atoms with Gasteiger partial charge < -0.3 is 4.90 Å². The van der Waals surface area contributed by atoms with E-state index >= 15 is 0 Å². The summed E-state index contributed by atoms with van der Waals surface area (Å²) < 4.78 is 1.74. The molecule has 3 rings (SSSR count). The van der Waals surface area contributed by atoms with Crippen LogP contribution in [0.2, 0.25) is 10.0 Å².